The third-order valence-corrected chi connectivity index (χ3v) is 1.45. The van der Waals surface area contributed by atoms with E-state index < -0.39 is 0 Å². The Hall–Kier alpha value is -0.310. The Labute approximate surface area is 60.3 Å². The Morgan fingerprint density at radius 2 is 2.22 bits per heavy atom. The van der Waals surface area contributed by atoms with Gasteiger partial charge in [0.05, 0.1) is 5.25 Å². The van der Waals surface area contributed by atoms with Gasteiger partial charge >= 0.3 is 0 Å². The van der Waals surface area contributed by atoms with Gasteiger partial charge < -0.3 is 9.47 Å². The maximum Gasteiger partial charge on any atom is 0.230 e. The van der Waals surface area contributed by atoms with Gasteiger partial charge in [-0.25, -0.2) is 0 Å². The van der Waals surface area contributed by atoms with Crippen molar-refractivity contribution in [3.8, 4) is 0 Å². The Balaban J connectivity index is 2.66. The molecule has 0 saturated heterocycles. The Morgan fingerprint density at radius 3 is 2.44 bits per heavy atom. The lowest BCUT2D eigenvalue weighted by molar-refractivity contribution is 0.0707. The van der Waals surface area contributed by atoms with E-state index in [0.29, 0.717) is 6.79 Å². The fourth-order valence-electron chi connectivity index (χ4n) is 0.769. The van der Waals surface area contributed by atoms with Crippen LogP contribution in [0.3, 0.4) is 0 Å². The summed E-state index contributed by atoms with van der Waals surface area (Å²) in [5.41, 5.74) is 0. The van der Waals surface area contributed by atoms with Crippen LogP contribution in [0, 0.1) is 0 Å². The number of rotatable bonds is 1. The summed E-state index contributed by atoms with van der Waals surface area (Å²) in [4.78, 5) is 0. The normalized spacial score (nSPS) is 21.2. The summed E-state index contributed by atoms with van der Waals surface area (Å²) in [6.07, 6.45) is 0. The summed E-state index contributed by atoms with van der Waals surface area (Å²) in [5.74, 6) is 1.72. The first-order valence-corrected chi connectivity index (χ1v) is 3.38. The molecule has 0 N–H and O–H groups in total. The molecule has 0 aliphatic carbocycles. The number of thiol groups is 1. The molecule has 52 valence electrons. The summed E-state index contributed by atoms with van der Waals surface area (Å²) in [6.45, 7) is 4.19. The second-order valence-electron chi connectivity index (χ2n) is 2.00. The van der Waals surface area contributed by atoms with Gasteiger partial charge in [-0.2, -0.15) is 12.6 Å². The first-order valence-electron chi connectivity index (χ1n) is 2.86. The lowest BCUT2D eigenvalue weighted by Crippen LogP contribution is -1.98. The molecular weight excluding hydrogens is 136 g/mol. The van der Waals surface area contributed by atoms with E-state index in [1.54, 1.807) is 0 Å². The summed E-state index contributed by atoms with van der Waals surface area (Å²) >= 11 is 4.19. The highest BCUT2D eigenvalue weighted by atomic mass is 32.1. The van der Waals surface area contributed by atoms with E-state index in [1.807, 2.05) is 13.8 Å². The van der Waals surface area contributed by atoms with E-state index in [2.05, 4.69) is 12.6 Å². The molecule has 1 heterocycles. The summed E-state index contributed by atoms with van der Waals surface area (Å²) in [6, 6.07) is 0. The van der Waals surface area contributed by atoms with Crippen LogP contribution in [-0.4, -0.2) is 12.0 Å². The lowest BCUT2D eigenvalue weighted by Gasteiger charge is -2.02. The third kappa shape index (κ3) is 1.33. The van der Waals surface area contributed by atoms with Gasteiger partial charge in [0.15, 0.2) is 5.76 Å². The fourth-order valence-corrected chi connectivity index (χ4v) is 1.03. The quantitative estimate of drug-likeness (QED) is 0.566. The smallest absolute Gasteiger partial charge is 0.230 e. The van der Waals surface area contributed by atoms with E-state index in [-0.39, 0.29) is 5.25 Å². The number of ether oxygens (including phenoxy) is 2. The minimum atomic E-state index is 0.146. The van der Waals surface area contributed by atoms with Crippen LogP contribution in [0.15, 0.2) is 11.5 Å². The van der Waals surface area contributed by atoms with Gasteiger partial charge in [-0.1, -0.05) is 0 Å². The summed E-state index contributed by atoms with van der Waals surface area (Å²) in [5, 5.41) is 0.146. The largest absolute Gasteiger partial charge is 0.459 e. The zero-order valence-electron chi connectivity index (χ0n) is 5.55. The molecule has 1 aliphatic rings. The molecule has 1 atom stereocenters. The molecular formula is C6H10O2S. The van der Waals surface area contributed by atoms with Gasteiger partial charge in [0.2, 0.25) is 6.79 Å². The molecule has 0 aromatic carbocycles. The highest BCUT2D eigenvalue weighted by Gasteiger charge is 2.16. The van der Waals surface area contributed by atoms with Crippen LogP contribution >= 0.6 is 12.6 Å². The first-order chi connectivity index (χ1) is 4.22. The van der Waals surface area contributed by atoms with Crippen molar-refractivity contribution in [1.82, 2.24) is 0 Å². The molecule has 3 heteroatoms. The molecule has 1 unspecified atom stereocenters. The molecule has 0 aromatic rings. The van der Waals surface area contributed by atoms with Crippen molar-refractivity contribution in [3.63, 3.8) is 0 Å². The molecule has 2 nitrogen and oxygen atoms in total. The van der Waals surface area contributed by atoms with Gasteiger partial charge in [-0.05, 0) is 13.8 Å². The van der Waals surface area contributed by atoms with Crippen molar-refractivity contribution < 1.29 is 9.47 Å². The number of hydrogen-bond acceptors (Lipinski definition) is 3. The minimum Gasteiger partial charge on any atom is -0.459 e. The van der Waals surface area contributed by atoms with Crippen molar-refractivity contribution in [3.05, 3.63) is 11.5 Å². The van der Waals surface area contributed by atoms with Crippen LogP contribution in [0.2, 0.25) is 0 Å². The predicted octanol–water partition coefficient (Wildman–Crippen LogP) is 1.54. The van der Waals surface area contributed by atoms with Crippen LogP contribution in [0.25, 0.3) is 0 Å². The second kappa shape index (κ2) is 2.52. The van der Waals surface area contributed by atoms with Crippen molar-refractivity contribution in [2.75, 3.05) is 6.79 Å². The first kappa shape index (κ1) is 6.81. The standard InChI is InChI=1S/C6H10O2S/c1-4-6(5(2)9)8-3-7-4/h5,9H,3H2,1-2H3. The average molecular weight is 146 g/mol. The molecule has 0 saturated carbocycles. The van der Waals surface area contributed by atoms with Crippen LogP contribution in [0.1, 0.15) is 13.8 Å². The number of allylic oxidation sites excluding steroid dienone is 1. The monoisotopic (exact) mass is 146 g/mol. The minimum absolute atomic E-state index is 0.146. The highest BCUT2D eigenvalue weighted by molar-refractivity contribution is 7.81. The Bertz CT molecular complexity index is 140. The van der Waals surface area contributed by atoms with Crippen LogP contribution in [0.5, 0.6) is 0 Å². The predicted molar refractivity (Wildman–Crippen MR) is 38.2 cm³/mol. The molecule has 9 heavy (non-hydrogen) atoms. The van der Waals surface area contributed by atoms with Gasteiger partial charge in [0.1, 0.15) is 5.76 Å². The van der Waals surface area contributed by atoms with E-state index in [9.17, 15) is 0 Å². The van der Waals surface area contributed by atoms with Crippen molar-refractivity contribution in [2.24, 2.45) is 0 Å². The van der Waals surface area contributed by atoms with Gasteiger partial charge in [-0.15, -0.1) is 0 Å². The molecule has 1 aliphatic heterocycles. The zero-order valence-corrected chi connectivity index (χ0v) is 6.44. The molecule has 1 rings (SSSR count). The van der Waals surface area contributed by atoms with Crippen LogP contribution in [-0.2, 0) is 9.47 Å². The van der Waals surface area contributed by atoms with Crippen molar-refractivity contribution in [1.29, 1.82) is 0 Å². The van der Waals surface area contributed by atoms with E-state index in [1.165, 1.54) is 0 Å². The zero-order chi connectivity index (χ0) is 6.85. The van der Waals surface area contributed by atoms with Crippen LogP contribution in [0.4, 0.5) is 0 Å². The summed E-state index contributed by atoms with van der Waals surface area (Å²) < 4.78 is 10.1. The third-order valence-electron chi connectivity index (χ3n) is 1.22. The number of hydrogen-bond donors (Lipinski definition) is 1. The van der Waals surface area contributed by atoms with Gasteiger partial charge in [-0.3, -0.25) is 0 Å². The Morgan fingerprint density at radius 1 is 1.56 bits per heavy atom. The van der Waals surface area contributed by atoms with E-state index in [0.717, 1.165) is 11.5 Å². The van der Waals surface area contributed by atoms with Gasteiger partial charge in [0.25, 0.3) is 0 Å². The second-order valence-corrected chi connectivity index (χ2v) is 2.78. The maximum absolute atomic E-state index is 5.11. The Kier molecular flexibility index (Phi) is 1.90. The molecule has 0 aromatic heterocycles. The van der Waals surface area contributed by atoms with E-state index in [4.69, 9.17) is 9.47 Å². The molecule has 0 radical (unpaired) electrons. The summed E-state index contributed by atoms with van der Waals surface area (Å²) in [7, 11) is 0. The lowest BCUT2D eigenvalue weighted by atomic mass is 10.3. The highest BCUT2D eigenvalue weighted by Crippen LogP contribution is 2.21. The molecule has 0 fully saturated rings. The topological polar surface area (TPSA) is 18.5 Å². The van der Waals surface area contributed by atoms with Crippen molar-refractivity contribution >= 4 is 12.6 Å². The average Bonchev–Trinajstić information content (AvgIpc) is 2.13. The van der Waals surface area contributed by atoms with Gasteiger partial charge in [0, 0.05) is 0 Å². The van der Waals surface area contributed by atoms with E-state index >= 15 is 0 Å². The molecule has 0 spiro atoms. The van der Waals surface area contributed by atoms with Crippen molar-refractivity contribution in [2.45, 2.75) is 19.1 Å². The maximum atomic E-state index is 5.11. The fraction of sp³-hybridized carbons (Fsp3) is 0.667. The van der Waals surface area contributed by atoms with Crippen LogP contribution < -0.4 is 0 Å². The molecule has 0 amide bonds. The SMILES string of the molecule is CC1=C(C(C)S)OCO1. The molecule has 0 bridgehead atoms.